The van der Waals surface area contributed by atoms with Crippen LogP contribution in [0.4, 0.5) is 14.4 Å². The zero-order chi connectivity index (χ0) is 37.7. The molecule has 0 aliphatic rings. The fourth-order valence-corrected chi connectivity index (χ4v) is 5.28. The van der Waals surface area contributed by atoms with E-state index >= 15 is 0 Å². The molecule has 2 rings (SSSR count). The summed E-state index contributed by atoms with van der Waals surface area (Å²) in [4.78, 5) is 34.2. The van der Waals surface area contributed by atoms with Crippen LogP contribution in [0.2, 0.25) is 0 Å². The lowest BCUT2D eigenvalue weighted by Crippen LogP contribution is -2.41. The molecule has 0 spiro atoms. The number of rotatable bonds is 6. The van der Waals surface area contributed by atoms with Crippen molar-refractivity contribution in [2.75, 3.05) is 12.5 Å². The number of hydrogen-bond acceptors (Lipinski definition) is 11. The predicted molar refractivity (Wildman–Crippen MR) is 184 cm³/mol. The van der Waals surface area contributed by atoms with E-state index in [2.05, 4.69) is 9.46 Å². The molecule has 0 radical (unpaired) electrons. The van der Waals surface area contributed by atoms with E-state index in [-0.39, 0.29) is 6.04 Å². The second kappa shape index (κ2) is 18.2. The van der Waals surface area contributed by atoms with Gasteiger partial charge in [-0.25, -0.2) is 35.9 Å². The first-order valence-electron chi connectivity index (χ1n) is 14.9. The quantitative estimate of drug-likeness (QED) is 0.183. The lowest BCUT2D eigenvalue weighted by Gasteiger charge is -2.30. The van der Waals surface area contributed by atoms with Crippen molar-refractivity contribution in [2.24, 2.45) is 0 Å². The summed E-state index contributed by atoms with van der Waals surface area (Å²) in [6.45, 7) is 18.6. The summed E-state index contributed by atoms with van der Waals surface area (Å²) in [6, 6.07) is 17.6. The maximum absolute atomic E-state index is 12.1. The van der Waals surface area contributed by atoms with Crippen LogP contribution in [-0.4, -0.2) is 68.9 Å². The molecule has 0 unspecified atom stereocenters. The minimum Gasteiger partial charge on any atom is -0.443 e. The summed E-state index contributed by atoms with van der Waals surface area (Å²) in [6.07, 6.45) is -0.826. The predicted octanol–water partition coefficient (Wildman–Crippen LogP) is 7.11. The van der Waals surface area contributed by atoms with Gasteiger partial charge in [0, 0.05) is 6.04 Å². The molecule has 2 aromatic carbocycles. The highest BCUT2D eigenvalue weighted by molar-refractivity contribution is 7.89. The number of hydrogen-bond donors (Lipinski definition) is 1. The van der Waals surface area contributed by atoms with Gasteiger partial charge in [-0.1, -0.05) is 60.7 Å². The molecular weight excluding hydrogens is 665 g/mol. The summed E-state index contributed by atoms with van der Waals surface area (Å²) in [5.74, 6) is 0. The SMILES string of the molecule is CC(C)(C)OC(=O)OC(=O)OC(C)(C)C.C[C@@H](c1ccccc1)N(C(=O)OC(C)(C)C)S(C)(=O)=O.C[C@H](NS(C)(=O)=O)c1ccccc1. The Morgan fingerprint density at radius 2 is 0.979 bits per heavy atom. The molecule has 0 bridgehead atoms. The third-order valence-corrected chi connectivity index (χ3v) is 7.16. The molecule has 1 N–H and O–H groups in total. The van der Waals surface area contributed by atoms with Crippen molar-refractivity contribution in [3.8, 4) is 0 Å². The molecule has 0 heterocycles. The van der Waals surface area contributed by atoms with Gasteiger partial charge in [0.1, 0.15) is 16.8 Å². The Hall–Kier alpha value is -3.69. The van der Waals surface area contributed by atoms with Crippen LogP contribution >= 0.6 is 0 Å². The van der Waals surface area contributed by atoms with Gasteiger partial charge in [0.2, 0.25) is 20.0 Å². The Balaban J connectivity index is 0.000000710. The minimum atomic E-state index is -3.73. The van der Waals surface area contributed by atoms with Crippen LogP contribution in [0, 0.1) is 0 Å². The molecule has 0 fully saturated rings. The normalized spacial score (nSPS) is 13.2. The summed E-state index contributed by atoms with van der Waals surface area (Å²) in [5.41, 5.74) is -0.453. The minimum absolute atomic E-state index is 0.170. The van der Waals surface area contributed by atoms with Crippen LogP contribution in [0.1, 0.15) is 99.4 Å². The van der Waals surface area contributed by atoms with Crippen LogP contribution in [0.25, 0.3) is 0 Å². The number of nitrogens with zero attached hydrogens (tertiary/aromatic N) is 1. The van der Waals surface area contributed by atoms with E-state index in [0.717, 1.165) is 27.9 Å². The van der Waals surface area contributed by atoms with Crippen molar-refractivity contribution in [2.45, 2.75) is 105 Å². The van der Waals surface area contributed by atoms with E-state index in [9.17, 15) is 31.2 Å². The molecule has 272 valence electrons. The van der Waals surface area contributed by atoms with Gasteiger partial charge in [-0.15, -0.1) is 0 Å². The van der Waals surface area contributed by atoms with Crippen molar-refractivity contribution in [3.05, 3.63) is 71.8 Å². The topological polar surface area (TPSA) is 172 Å². The highest BCUT2D eigenvalue weighted by atomic mass is 32.2. The number of ether oxygens (including phenoxy) is 4. The Morgan fingerprint density at radius 1 is 0.625 bits per heavy atom. The lowest BCUT2D eigenvalue weighted by atomic mass is 10.1. The highest BCUT2D eigenvalue weighted by Gasteiger charge is 2.33. The van der Waals surface area contributed by atoms with Crippen LogP contribution in [0.3, 0.4) is 0 Å². The first-order chi connectivity index (χ1) is 21.5. The number of carbonyl (C=O) groups excluding carboxylic acids is 3. The zero-order valence-electron chi connectivity index (χ0n) is 30.2. The monoisotopic (exact) mass is 716 g/mol. The number of carbonyl (C=O) groups is 3. The molecule has 1 amide bonds. The van der Waals surface area contributed by atoms with Crippen LogP contribution < -0.4 is 4.72 Å². The van der Waals surface area contributed by atoms with Crippen molar-refractivity contribution in [3.63, 3.8) is 0 Å². The Kier molecular flexibility index (Phi) is 16.8. The summed E-state index contributed by atoms with van der Waals surface area (Å²) in [5, 5.41) is 0. The second-order valence-corrected chi connectivity index (χ2v) is 17.3. The number of sulfonamides is 2. The summed E-state index contributed by atoms with van der Waals surface area (Å²) in [7, 11) is -6.85. The smallest absolute Gasteiger partial charge is 0.443 e. The molecular formula is C33H52N2O11S2. The maximum Gasteiger partial charge on any atom is 0.519 e. The second-order valence-electron chi connectivity index (χ2n) is 13.7. The summed E-state index contributed by atoms with van der Waals surface area (Å²) < 4.78 is 67.9. The highest BCUT2D eigenvalue weighted by Crippen LogP contribution is 2.25. The van der Waals surface area contributed by atoms with E-state index in [0.29, 0.717) is 0 Å². The number of amides is 1. The molecule has 0 saturated heterocycles. The van der Waals surface area contributed by atoms with Gasteiger partial charge < -0.3 is 18.9 Å². The maximum atomic E-state index is 12.1. The molecule has 48 heavy (non-hydrogen) atoms. The van der Waals surface area contributed by atoms with Gasteiger partial charge in [0.25, 0.3) is 0 Å². The van der Waals surface area contributed by atoms with E-state index in [1.807, 2.05) is 43.3 Å². The standard InChI is InChI=1S/C14H21NO4S.C10H18O5.C9H13NO2S/c1-11(12-9-7-6-8-10-12)15(20(5,17)18)13(16)19-14(2,3)4;1-9(2,3)14-7(11)13-8(12)15-10(4,5)6;1-8(10-13(2,11)12)9-6-4-3-5-7-9/h6-11H,1-5H3;1-6H3;3-8,10H,1-2H3/t11-;;8-/m0.0/s1. The molecule has 2 atom stereocenters. The molecule has 0 saturated carbocycles. The summed E-state index contributed by atoms with van der Waals surface area (Å²) >= 11 is 0. The van der Waals surface area contributed by atoms with E-state index in [4.69, 9.17) is 14.2 Å². The van der Waals surface area contributed by atoms with Gasteiger partial charge in [-0.3, -0.25) is 0 Å². The van der Waals surface area contributed by atoms with Gasteiger partial charge in [0.05, 0.1) is 18.6 Å². The van der Waals surface area contributed by atoms with E-state index < -0.39 is 61.3 Å². The van der Waals surface area contributed by atoms with Crippen LogP contribution in [0.15, 0.2) is 60.7 Å². The zero-order valence-corrected chi connectivity index (χ0v) is 31.8. The van der Waals surface area contributed by atoms with Crippen molar-refractivity contribution in [1.82, 2.24) is 9.03 Å². The van der Waals surface area contributed by atoms with Crippen LogP contribution in [-0.2, 0) is 39.0 Å². The first kappa shape index (κ1) is 44.3. The fraction of sp³-hybridized carbons (Fsp3) is 0.545. The van der Waals surface area contributed by atoms with Crippen molar-refractivity contribution >= 4 is 38.5 Å². The molecule has 15 heteroatoms. The fourth-order valence-electron chi connectivity index (χ4n) is 3.50. The van der Waals surface area contributed by atoms with Gasteiger partial charge >= 0.3 is 18.4 Å². The van der Waals surface area contributed by atoms with Gasteiger partial charge in [-0.05, 0) is 87.3 Å². The van der Waals surface area contributed by atoms with Gasteiger partial charge in [0.15, 0.2) is 0 Å². The van der Waals surface area contributed by atoms with Crippen molar-refractivity contribution in [1.29, 1.82) is 0 Å². The number of nitrogens with one attached hydrogen (secondary N) is 1. The third kappa shape index (κ3) is 21.2. The van der Waals surface area contributed by atoms with E-state index in [1.54, 1.807) is 93.5 Å². The Bertz CT molecular complexity index is 1500. The van der Waals surface area contributed by atoms with Crippen LogP contribution in [0.5, 0.6) is 0 Å². The molecule has 0 aliphatic carbocycles. The lowest BCUT2D eigenvalue weighted by molar-refractivity contribution is -0.0294. The average Bonchev–Trinajstić information content (AvgIpc) is 2.85. The Morgan fingerprint density at radius 3 is 1.29 bits per heavy atom. The van der Waals surface area contributed by atoms with Crippen molar-refractivity contribution < 1.29 is 50.2 Å². The third-order valence-electron chi connectivity index (χ3n) is 5.20. The molecule has 0 aromatic heterocycles. The number of benzene rings is 2. The molecule has 2 aromatic rings. The Labute approximate surface area is 286 Å². The average molecular weight is 717 g/mol. The molecule has 0 aliphatic heterocycles. The largest absolute Gasteiger partial charge is 0.519 e. The van der Waals surface area contributed by atoms with Gasteiger partial charge in [-0.2, -0.15) is 4.31 Å². The van der Waals surface area contributed by atoms with E-state index in [1.165, 1.54) is 0 Å². The first-order valence-corrected chi connectivity index (χ1v) is 18.7. The molecule has 13 nitrogen and oxygen atoms in total.